The van der Waals surface area contributed by atoms with Crippen molar-refractivity contribution >= 4 is 11.8 Å². The summed E-state index contributed by atoms with van der Waals surface area (Å²) in [5.74, 6) is 0.338. The zero-order chi connectivity index (χ0) is 15.5. The van der Waals surface area contributed by atoms with Gasteiger partial charge >= 0.3 is 5.97 Å². The first-order valence-electron chi connectivity index (χ1n) is 6.65. The number of aromatic carboxylic acids is 1. The Bertz CT molecular complexity index is 725. The molecular formula is C16H14N2O4. The van der Waals surface area contributed by atoms with Crippen molar-refractivity contribution in [3.05, 3.63) is 65.2 Å². The van der Waals surface area contributed by atoms with Gasteiger partial charge in [0.15, 0.2) is 5.84 Å². The van der Waals surface area contributed by atoms with Crippen molar-refractivity contribution in [2.24, 2.45) is 5.16 Å². The van der Waals surface area contributed by atoms with Crippen LogP contribution in [-0.4, -0.2) is 24.0 Å². The van der Waals surface area contributed by atoms with Crippen LogP contribution in [0.3, 0.4) is 0 Å². The first-order chi connectivity index (χ1) is 10.7. The van der Waals surface area contributed by atoms with Crippen LogP contribution in [0.25, 0.3) is 0 Å². The summed E-state index contributed by atoms with van der Waals surface area (Å²) in [6.45, 7) is 0. The van der Waals surface area contributed by atoms with Gasteiger partial charge in [-0.15, -0.1) is 0 Å². The van der Waals surface area contributed by atoms with Crippen LogP contribution in [0.4, 0.5) is 0 Å². The van der Waals surface area contributed by atoms with Crippen molar-refractivity contribution in [2.45, 2.75) is 6.23 Å². The van der Waals surface area contributed by atoms with E-state index in [0.29, 0.717) is 5.84 Å². The molecule has 112 valence electrons. The second-order valence-electron chi connectivity index (χ2n) is 4.73. The van der Waals surface area contributed by atoms with Gasteiger partial charge < -0.3 is 20.0 Å². The SMILES string of the molecule is COc1cccc(C2NC(c3ccc(C(=O)O)cc3)=NO2)c1. The molecule has 0 bridgehead atoms. The monoisotopic (exact) mass is 298 g/mol. The predicted molar refractivity (Wildman–Crippen MR) is 79.9 cm³/mol. The molecule has 0 radical (unpaired) electrons. The molecule has 2 aromatic carbocycles. The largest absolute Gasteiger partial charge is 0.497 e. The van der Waals surface area contributed by atoms with Gasteiger partial charge in [0.05, 0.1) is 12.7 Å². The highest BCUT2D eigenvalue weighted by molar-refractivity contribution is 6.00. The van der Waals surface area contributed by atoms with Crippen LogP contribution in [-0.2, 0) is 4.84 Å². The molecule has 0 aliphatic carbocycles. The Labute approximate surface area is 127 Å². The molecule has 6 nitrogen and oxygen atoms in total. The van der Waals surface area contributed by atoms with Crippen LogP contribution < -0.4 is 10.1 Å². The molecule has 22 heavy (non-hydrogen) atoms. The molecule has 1 atom stereocenters. The number of nitrogens with zero attached hydrogens (tertiary/aromatic N) is 1. The van der Waals surface area contributed by atoms with E-state index in [-0.39, 0.29) is 5.56 Å². The maximum absolute atomic E-state index is 10.8. The second kappa shape index (κ2) is 5.77. The first kappa shape index (κ1) is 13.9. The van der Waals surface area contributed by atoms with Crippen LogP contribution in [0.5, 0.6) is 5.75 Å². The van der Waals surface area contributed by atoms with Gasteiger partial charge in [0, 0.05) is 11.1 Å². The average molecular weight is 298 g/mol. The van der Waals surface area contributed by atoms with E-state index in [4.69, 9.17) is 14.7 Å². The third kappa shape index (κ3) is 2.71. The number of rotatable bonds is 4. The van der Waals surface area contributed by atoms with E-state index in [1.807, 2.05) is 24.3 Å². The first-order valence-corrected chi connectivity index (χ1v) is 6.65. The Morgan fingerprint density at radius 2 is 2.05 bits per heavy atom. The van der Waals surface area contributed by atoms with Crippen molar-refractivity contribution in [1.82, 2.24) is 5.32 Å². The number of hydrogen-bond donors (Lipinski definition) is 2. The number of hydrogen-bond acceptors (Lipinski definition) is 5. The summed E-state index contributed by atoms with van der Waals surface area (Å²) >= 11 is 0. The van der Waals surface area contributed by atoms with Crippen molar-refractivity contribution < 1.29 is 19.5 Å². The summed E-state index contributed by atoms with van der Waals surface area (Å²) < 4.78 is 5.19. The summed E-state index contributed by atoms with van der Waals surface area (Å²) in [5, 5.41) is 16.1. The van der Waals surface area contributed by atoms with E-state index in [9.17, 15) is 4.79 Å². The lowest BCUT2D eigenvalue weighted by Crippen LogP contribution is -2.23. The molecular weight excluding hydrogens is 284 g/mol. The highest BCUT2D eigenvalue weighted by atomic mass is 16.7. The highest BCUT2D eigenvalue weighted by Gasteiger charge is 2.22. The minimum atomic E-state index is -0.960. The molecule has 0 saturated carbocycles. The minimum absolute atomic E-state index is 0.229. The van der Waals surface area contributed by atoms with Gasteiger partial charge in [-0.1, -0.05) is 29.4 Å². The van der Waals surface area contributed by atoms with E-state index >= 15 is 0 Å². The molecule has 0 spiro atoms. The van der Waals surface area contributed by atoms with Gasteiger partial charge in [-0.2, -0.15) is 0 Å². The number of benzene rings is 2. The van der Waals surface area contributed by atoms with Gasteiger partial charge in [-0.05, 0) is 24.3 Å². The Morgan fingerprint density at radius 1 is 1.27 bits per heavy atom. The van der Waals surface area contributed by atoms with Gasteiger partial charge in [-0.3, -0.25) is 0 Å². The van der Waals surface area contributed by atoms with Crippen molar-refractivity contribution in [3.63, 3.8) is 0 Å². The molecule has 0 fully saturated rings. The predicted octanol–water partition coefficient (Wildman–Crippen LogP) is 2.37. The highest BCUT2D eigenvalue weighted by Crippen LogP contribution is 2.24. The quantitative estimate of drug-likeness (QED) is 0.906. The van der Waals surface area contributed by atoms with Gasteiger partial charge in [-0.25, -0.2) is 4.79 Å². The topological polar surface area (TPSA) is 80.2 Å². The summed E-state index contributed by atoms with van der Waals surface area (Å²) in [4.78, 5) is 16.2. The molecule has 2 aromatic rings. The fraction of sp³-hybridized carbons (Fsp3) is 0.125. The molecule has 1 aliphatic rings. The van der Waals surface area contributed by atoms with Crippen LogP contribution in [0.1, 0.15) is 27.7 Å². The Kier molecular flexibility index (Phi) is 3.65. The van der Waals surface area contributed by atoms with Gasteiger partial charge in [0.2, 0.25) is 6.23 Å². The normalized spacial score (nSPS) is 16.4. The fourth-order valence-electron chi connectivity index (χ4n) is 2.14. The molecule has 0 saturated heterocycles. The van der Waals surface area contributed by atoms with Gasteiger partial charge in [0.1, 0.15) is 5.75 Å². The third-order valence-electron chi connectivity index (χ3n) is 3.32. The van der Waals surface area contributed by atoms with Crippen molar-refractivity contribution in [1.29, 1.82) is 0 Å². The van der Waals surface area contributed by atoms with Crippen LogP contribution >= 0.6 is 0 Å². The van der Waals surface area contributed by atoms with E-state index in [1.54, 1.807) is 19.2 Å². The molecule has 1 aliphatic heterocycles. The number of amidine groups is 1. The second-order valence-corrected chi connectivity index (χ2v) is 4.73. The third-order valence-corrected chi connectivity index (χ3v) is 3.32. The lowest BCUT2D eigenvalue weighted by molar-refractivity contribution is 0.0696. The summed E-state index contributed by atoms with van der Waals surface area (Å²) in [6, 6.07) is 13.9. The standard InChI is InChI=1S/C16H14N2O4/c1-21-13-4-2-3-12(9-13)15-17-14(18-22-15)10-5-7-11(8-6-10)16(19)20/h2-9,15H,1H3,(H,17,18)(H,19,20). The molecule has 0 amide bonds. The van der Waals surface area contributed by atoms with E-state index < -0.39 is 12.2 Å². The molecule has 2 N–H and O–H groups in total. The van der Waals surface area contributed by atoms with E-state index in [0.717, 1.165) is 16.9 Å². The van der Waals surface area contributed by atoms with Crippen LogP contribution in [0.2, 0.25) is 0 Å². The average Bonchev–Trinajstić information content (AvgIpc) is 3.05. The Balaban J connectivity index is 1.74. The number of methoxy groups -OCH3 is 1. The number of carboxylic acids is 1. The number of ether oxygens (including phenoxy) is 1. The lowest BCUT2D eigenvalue weighted by Gasteiger charge is -2.11. The van der Waals surface area contributed by atoms with Crippen LogP contribution in [0, 0.1) is 0 Å². The number of nitrogens with one attached hydrogen (secondary N) is 1. The molecule has 0 aromatic heterocycles. The number of carboxylic acid groups (broad SMARTS) is 1. The van der Waals surface area contributed by atoms with E-state index in [1.165, 1.54) is 12.1 Å². The zero-order valence-electron chi connectivity index (χ0n) is 11.8. The molecule has 1 heterocycles. The molecule has 3 rings (SSSR count). The van der Waals surface area contributed by atoms with Crippen molar-refractivity contribution in [3.8, 4) is 5.75 Å². The Morgan fingerprint density at radius 3 is 2.73 bits per heavy atom. The smallest absolute Gasteiger partial charge is 0.335 e. The zero-order valence-corrected chi connectivity index (χ0v) is 11.8. The van der Waals surface area contributed by atoms with Gasteiger partial charge in [0.25, 0.3) is 0 Å². The fourth-order valence-corrected chi connectivity index (χ4v) is 2.14. The minimum Gasteiger partial charge on any atom is -0.497 e. The molecule has 6 heteroatoms. The maximum atomic E-state index is 10.8. The lowest BCUT2D eigenvalue weighted by atomic mass is 10.1. The summed E-state index contributed by atoms with van der Waals surface area (Å²) in [7, 11) is 1.61. The molecule has 1 unspecified atom stereocenters. The maximum Gasteiger partial charge on any atom is 0.335 e. The Hall–Kier alpha value is -3.02. The summed E-state index contributed by atoms with van der Waals surface area (Å²) in [6.07, 6.45) is -0.399. The van der Waals surface area contributed by atoms with E-state index in [2.05, 4.69) is 10.5 Å². The van der Waals surface area contributed by atoms with Crippen molar-refractivity contribution in [2.75, 3.05) is 7.11 Å². The summed E-state index contributed by atoms with van der Waals surface area (Å²) in [5.41, 5.74) is 1.88. The number of carbonyl (C=O) groups is 1. The van der Waals surface area contributed by atoms with Crippen LogP contribution in [0.15, 0.2) is 53.7 Å². The number of oxime groups is 1.